The number of hydrogen-bond acceptors (Lipinski definition) is 5. The molecule has 0 saturated carbocycles. The fourth-order valence-electron chi connectivity index (χ4n) is 3.04. The van der Waals surface area contributed by atoms with Crippen LogP contribution in [-0.2, 0) is 6.18 Å². The van der Waals surface area contributed by atoms with Crippen LogP contribution in [0.3, 0.4) is 0 Å². The van der Waals surface area contributed by atoms with Crippen LogP contribution in [0.1, 0.15) is 26.4 Å². The maximum Gasteiger partial charge on any atom is 0.417 e. The number of aryl methyl sites for hydroxylation is 1. The third kappa shape index (κ3) is 4.48. The number of hydrogen-bond donors (Lipinski definition) is 1. The highest BCUT2D eigenvalue weighted by molar-refractivity contribution is 7.20. The van der Waals surface area contributed by atoms with Gasteiger partial charge in [0, 0.05) is 10.4 Å². The van der Waals surface area contributed by atoms with E-state index >= 15 is 0 Å². The van der Waals surface area contributed by atoms with Gasteiger partial charge in [-0.3, -0.25) is 4.79 Å². The number of aromatic nitrogens is 1. The van der Waals surface area contributed by atoms with Crippen LogP contribution in [0.2, 0.25) is 5.02 Å². The molecule has 0 aliphatic heterocycles. The van der Waals surface area contributed by atoms with Crippen LogP contribution in [0.5, 0.6) is 0 Å². The summed E-state index contributed by atoms with van der Waals surface area (Å²) in [6.07, 6.45) is -3.18. The Kier molecular flexibility index (Phi) is 5.83. The van der Waals surface area contributed by atoms with Gasteiger partial charge in [-0.15, -0.1) is 22.7 Å². The van der Waals surface area contributed by atoms with Crippen molar-refractivity contribution in [2.24, 2.45) is 5.10 Å². The first kappa shape index (κ1) is 21.5. The molecule has 3 heterocycles. The van der Waals surface area contributed by atoms with Crippen LogP contribution in [0, 0.1) is 6.92 Å². The Bertz CT molecular complexity index is 1300. The molecule has 158 valence electrons. The number of nitrogens with zero attached hydrogens (tertiary/aromatic N) is 2. The number of rotatable bonds is 4. The second kappa shape index (κ2) is 8.41. The van der Waals surface area contributed by atoms with E-state index in [0.29, 0.717) is 15.5 Å². The minimum atomic E-state index is -4.59. The summed E-state index contributed by atoms with van der Waals surface area (Å²) in [5.41, 5.74) is 2.66. The summed E-state index contributed by atoms with van der Waals surface area (Å²) in [4.78, 5) is 17.9. The third-order valence-electron chi connectivity index (χ3n) is 4.41. The summed E-state index contributed by atoms with van der Waals surface area (Å²) in [7, 11) is 0. The molecule has 0 bridgehead atoms. The van der Waals surface area contributed by atoms with E-state index in [0.717, 1.165) is 17.4 Å². The number of pyridine rings is 1. The van der Waals surface area contributed by atoms with Gasteiger partial charge in [-0.25, -0.2) is 10.4 Å². The van der Waals surface area contributed by atoms with Gasteiger partial charge in [-0.1, -0.05) is 29.8 Å². The number of nitrogens with one attached hydrogen (secondary N) is 1. The van der Waals surface area contributed by atoms with Crippen LogP contribution in [0.25, 0.3) is 20.8 Å². The first-order valence-electron chi connectivity index (χ1n) is 8.88. The van der Waals surface area contributed by atoms with Crippen molar-refractivity contribution in [3.63, 3.8) is 0 Å². The number of fused-ring (bicyclic) bond motifs is 1. The minimum Gasteiger partial charge on any atom is -0.266 e. The molecule has 0 saturated heterocycles. The normalized spacial score (nSPS) is 12.0. The number of thiophene rings is 2. The number of benzene rings is 1. The Balaban J connectivity index is 1.72. The van der Waals surface area contributed by atoms with Gasteiger partial charge in [-0.05, 0) is 47.7 Å². The van der Waals surface area contributed by atoms with Gasteiger partial charge in [0.1, 0.15) is 4.83 Å². The molecular formula is C21H13ClF3N3OS2. The van der Waals surface area contributed by atoms with Crippen molar-refractivity contribution in [1.82, 2.24) is 10.4 Å². The summed E-state index contributed by atoms with van der Waals surface area (Å²) in [5, 5.41) is 6.10. The predicted octanol–water partition coefficient (Wildman–Crippen LogP) is 6.77. The van der Waals surface area contributed by atoms with Crippen LogP contribution in [-0.4, -0.2) is 17.1 Å². The molecule has 0 aliphatic carbocycles. The molecular weight excluding hydrogens is 467 g/mol. The van der Waals surface area contributed by atoms with Crippen LogP contribution < -0.4 is 5.43 Å². The smallest absolute Gasteiger partial charge is 0.266 e. The van der Waals surface area contributed by atoms with E-state index in [1.807, 2.05) is 0 Å². The zero-order valence-corrected chi connectivity index (χ0v) is 18.2. The van der Waals surface area contributed by atoms with E-state index in [1.54, 1.807) is 41.8 Å². The topological polar surface area (TPSA) is 54.4 Å². The lowest BCUT2D eigenvalue weighted by molar-refractivity contribution is -0.136. The number of carbonyl (C=O) groups is 1. The summed E-state index contributed by atoms with van der Waals surface area (Å²) in [6.45, 7) is 1.48. The van der Waals surface area contributed by atoms with Gasteiger partial charge in [0.15, 0.2) is 0 Å². The highest BCUT2D eigenvalue weighted by atomic mass is 35.5. The van der Waals surface area contributed by atoms with Crippen molar-refractivity contribution in [3.05, 3.63) is 74.4 Å². The maximum absolute atomic E-state index is 13.8. The molecule has 0 unspecified atom stereocenters. The molecule has 1 N–H and O–H groups in total. The molecule has 1 aromatic carbocycles. The van der Waals surface area contributed by atoms with Crippen LogP contribution in [0.15, 0.2) is 52.9 Å². The Morgan fingerprint density at radius 1 is 1.23 bits per heavy atom. The van der Waals surface area contributed by atoms with Crippen molar-refractivity contribution in [2.75, 3.05) is 0 Å². The van der Waals surface area contributed by atoms with Gasteiger partial charge in [-0.2, -0.15) is 18.3 Å². The van der Waals surface area contributed by atoms with Crippen LogP contribution >= 0.6 is 34.3 Å². The summed E-state index contributed by atoms with van der Waals surface area (Å²) in [6, 6.07) is 11.3. The largest absolute Gasteiger partial charge is 0.417 e. The van der Waals surface area contributed by atoms with Gasteiger partial charge in [0.2, 0.25) is 0 Å². The molecule has 4 aromatic rings. The number of hydrazone groups is 1. The Hall–Kier alpha value is -2.75. The second-order valence-electron chi connectivity index (χ2n) is 6.52. The highest BCUT2D eigenvalue weighted by Crippen LogP contribution is 2.42. The van der Waals surface area contributed by atoms with E-state index in [-0.39, 0.29) is 26.4 Å². The molecule has 4 nitrogen and oxygen atoms in total. The van der Waals surface area contributed by atoms with E-state index in [9.17, 15) is 18.0 Å². The van der Waals surface area contributed by atoms with Crippen LogP contribution in [0.4, 0.5) is 13.2 Å². The molecule has 0 radical (unpaired) electrons. The predicted molar refractivity (Wildman–Crippen MR) is 119 cm³/mol. The minimum absolute atomic E-state index is 0.0678. The van der Waals surface area contributed by atoms with Gasteiger partial charge < -0.3 is 0 Å². The van der Waals surface area contributed by atoms with E-state index in [4.69, 9.17) is 11.6 Å². The van der Waals surface area contributed by atoms with E-state index in [1.165, 1.54) is 24.5 Å². The molecule has 31 heavy (non-hydrogen) atoms. The van der Waals surface area contributed by atoms with Crippen molar-refractivity contribution < 1.29 is 18.0 Å². The quantitative estimate of drug-likeness (QED) is 0.259. The number of amides is 1. The summed E-state index contributed by atoms with van der Waals surface area (Å²) < 4.78 is 41.4. The Morgan fingerprint density at radius 2 is 2.03 bits per heavy atom. The van der Waals surface area contributed by atoms with E-state index < -0.39 is 17.6 Å². The summed E-state index contributed by atoms with van der Waals surface area (Å²) in [5.74, 6) is -0.607. The maximum atomic E-state index is 13.8. The molecule has 10 heteroatoms. The average molecular weight is 480 g/mol. The zero-order valence-electron chi connectivity index (χ0n) is 15.8. The van der Waals surface area contributed by atoms with Gasteiger partial charge in [0.25, 0.3) is 5.91 Å². The fraction of sp³-hybridized carbons (Fsp3) is 0.0952. The molecule has 4 rings (SSSR count). The van der Waals surface area contributed by atoms with Crippen molar-refractivity contribution in [2.45, 2.75) is 13.1 Å². The summed E-state index contributed by atoms with van der Waals surface area (Å²) >= 11 is 8.11. The molecule has 0 spiro atoms. The molecule has 3 aromatic heterocycles. The lowest BCUT2D eigenvalue weighted by Crippen LogP contribution is -2.17. The lowest BCUT2D eigenvalue weighted by Gasteiger charge is -2.10. The van der Waals surface area contributed by atoms with Gasteiger partial charge >= 0.3 is 6.18 Å². The monoisotopic (exact) mass is 479 g/mol. The number of halogens is 4. The second-order valence-corrected chi connectivity index (χ2v) is 8.90. The Morgan fingerprint density at radius 3 is 2.71 bits per heavy atom. The highest BCUT2D eigenvalue weighted by Gasteiger charge is 2.36. The molecule has 0 fully saturated rings. The standard InChI is InChI=1S/C21H13ClF3N3OS2/c1-11-17-14(21(23,24)25)9-15(16-6-3-7-30-16)27-20(17)31-18(11)19(29)28-26-10-12-4-2-5-13(22)8-12/h2-10H,1H3,(H,28,29)/b26-10+. The molecule has 0 atom stereocenters. The number of alkyl halides is 3. The lowest BCUT2D eigenvalue weighted by atomic mass is 10.1. The van der Waals surface area contributed by atoms with Gasteiger partial charge in [0.05, 0.1) is 27.2 Å². The molecule has 0 aliphatic rings. The number of carbonyl (C=O) groups excluding carboxylic acids is 1. The van der Waals surface area contributed by atoms with E-state index in [2.05, 4.69) is 15.5 Å². The third-order valence-corrected chi connectivity index (χ3v) is 6.73. The fourth-order valence-corrected chi connectivity index (χ4v) is 5.02. The van der Waals surface area contributed by atoms with Crippen molar-refractivity contribution >= 4 is 56.6 Å². The zero-order chi connectivity index (χ0) is 22.2. The first-order chi connectivity index (χ1) is 14.7. The van der Waals surface area contributed by atoms with Crippen molar-refractivity contribution in [1.29, 1.82) is 0 Å². The molecule has 1 amide bonds. The average Bonchev–Trinajstić information content (AvgIpc) is 3.35. The Labute approximate surface area is 188 Å². The van der Waals surface area contributed by atoms with Crippen molar-refractivity contribution in [3.8, 4) is 10.6 Å². The SMILES string of the molecule is Cc1c(C(=O)N/N=C/c2cccc(Cl)c2)sc2nc(-c3cccs3)cc(C(F)(F)F)c12. The first-order valence-corrected chi connectivity index (χ1v) is 11.0.